The van der Waals surface area contributed by atoms with Crippen LogP contribution < -0.4 is 0 Å². The number of aliphatic carboxylic acids is 1. The molecule has 0 saturated carbocycles. The molecule has 0 spiro atoms. The summed E-state index contributed by atoms with van der Waals surface area (Å²) in [6.07, 6.45) is -3.12. The van der Waals surface area contributed by atoms with Crippen LogP contribution in [0.2, 0.25) is 0 Å². The molecule has 0 unspecified atom stereocenters. The number of benzene rings is 1. The number of hydrogen-bond donors (Lipinski definition) is 1. The second kappa shape index (κ2) is 7.46. The van der Waals surface area contributed by atoms with Gasteiger partial charge in [-0.15, -0.1) is 0 Å². The second-order valence-electron chi connectivity index (χ2n) is 5.43. The lowest BCUT2D eigenvalue weighted by molar-refractivity contribution is -0.137. The molecule has 0 aliphatic carbocycles. The topological polar surface area (TPSA) is 95.0 Å². The molecule has 0 radical (unpaired) electrons. The van der Waals surface area contributed by atoms with Gasteiger partial charge in [0.1, 0.15) is 0 Å². The predicted octanol–water partition coefficient (Wildman–Crippen LogP) is 1.18. The summed E-state index contributed by atoms with van der Waals surface area (Å²) in [4.78, 5) is 23.0. The zero-order valence-electron chi connectivity index (χ0n) is 13.3. The number of halogens is 3. The molecule has 1 heterocycles. The molecule has 1 N–H and O–H groups in total. The predicted molar refractivity (Wildman–Crippen MR) is 83.6 cm³/mol. The van der Waals surface area contributed by atoms with E-state index < -0.39 is 38.5 Å². The lowest BCUT2D eigenvalue weighted by atomic mass is 10.2. The molecule has 0 bridgehead atoms. The van der Waals surface area contributed by atoms with Gasteiger partial charge in [0.15, 0.2) is 0 Å². The lowest BCUT2D eigenvalue weighted by Crippen LogP contribution is -2.50. The van der Waals surface area contributed by atoms with Gasteiger partial charge < -0.3 is 10.0 Å². The summed E-state index contributed by atoms with van der Waals surface area (Å²) < 4.78 is 64.3. The van der Waals surface area contributed by atoms with Crippen molar-refractivity contribution in [2.45, 2.75) is 11.1 Å². The van der Waals surface area contributed by atoms with Gasteiger partial charge >= 0.3 is 12.1 Å². The van der Waals surface area contributed by atoms with Crippen molar-refractivity contribution >= 4 is 21.9 Å². The Kier molecular flexibility index (Phi) is 5.71. The molecule has 0 aromatic heterocycles. The fourth-order valence-electron chi connectivity index (χ4n) is 2.38. The number of amides is 1. The minimum Gasteiger partial charge on any atom is -0.478 e. The van der Waals surface area contributed by atoms with Crippen LogP contribution in [0.4, 0.5) is 13.2 Å². The van der Waals surface area contributed by atoms with E-state index in [0.717, 1.165) is 28.6 Å². The standard InChI is InChI=1S/C15H15F3N2O5S/c16-15(17,18)11-2-1-3-12(10-11)26(24,25)20-8-6-19(7-9-20)13(21)4-5-14(22)23/h1-5,10H,6-9H2,(H,22,23). The van der Waals surface area contributed by atoms with Crippen LogP contribution in [0.25, 0.3) is 0 Å². The van der Waals surface area contributed by atoms with Crippen molar-refractivity contribution in [2.75, 3.05) is 26.2 Å². The third-order valence-corrected chi connectivity index (χ3v) is 5.61. The van der Waals surface area contributed by atoms with E-state index in [2.05, 4.69) is 0 Å². The first kappa shape index (κ1) is 19.9. The smallest absolute Gasteiger partial charge is 0.416 e. The van der Waals surface area contributed by atoms with Crippen molar-refractivity contribution in [3.05, 3.63) is 42.0 Å². The SMILES string of the molecule is O=C(O)C=CC(=O)N1CCN(S(=O)(=O)c2cccc(C(F)(F)F)c2)CC1. The highest BCUT2D eigenvalue weighted by Gasteiger charge is 2.34. The molecule has 1 fully saturated rings. The zero-order chi connectivity index (χ0) is 19.5. The highest BCUT2D eigenvalue weighted by Crippen LogP contribution is 2.31. The zero-order valence-corrected chi connectivity index (χ0v) is 14.1. The number of piperazine rings is 1. The quantitative estimate of drug-likeness (QED) is 0.777. The summed E-state index contributed by atoms with van der Waals surface area (Å²) in [7, 11) is -4.14. The van der Waals surface area contributed by atoms with Crippen LogP contribution in [0.5, 0.6) is 0 Å². The maximum atomic E-state index is 12.8. The van der Waals surface area contributed by atoms with Gasteiger partial charge in [-0.05, 0) is 18.2 Å². The average Bonchev–Trinajstić information content (AvgIpc) is 2.59. The van der Waals surface area contributed by atoms with Crippen molar-refractivity contribution in [2.24, 2.45) is 0 Å². The fourth-order valence-corrected chi connectivity index (χ4v) is 3.85. The minimum atomic E-state index is -4.66. The van der Waals surface area contributed by atoms with Gasteiger partial charge in [-0.3, -0.25) is 4.79 Å². The number of carbonyl (C=O) groups excluding carboxylic acids is 1. The number of nitrogens with zero attached hydrogens (tertiary/aromatic N) is 2. The molecule has 2 rings (SSSR count). The Bertz CT molecular complexity index is 828. The first-order valence-electron chi connectivity index (χ1n) is 7.39. The van der Waals surface area contributed by atoms with E-state index in [9.17, 15) is 31.2 Å². The number of carboxylic acids is 1. The number of carboxylic acid groups (broad SMARTS) is 1. The number of carbonyl (C=O) groups is 2. The van der Waals surface area contributed by atoms with Gasteiger partial charge in [0.05, 0.1) is 10.5 Å². The second-order valence-corrected chi connectivity index (χ2v) is 7.36. The summed E-state index contributed by atoms with van der Waals surface area (Å²) >= 11 is 0. The molecule has 1 aliphatic heterocycles. The number of hydrogen-bond acceptors (Lipinski definition) is 4. The number of alkyl halides is 3. The van der Waals surface area contributed by atoms with Crippen LogP contribution in [0.15, 0.2) is 41.3 Å². The monoisotopic (exact) mass is 392 g/mol. The van der Waals surface area contributed by atoms with E-state index in [4.69, 9.17) is 5.11 Å². The van der Waals surface area contributed by atoms with E-state index in [1.165, 1.54) is 4.90 Å². The number of rotatable bonds is 4. The third-order valence-electron chi connectivity index (χ3n) is 3.72. The Balaban J connectivity index is 2.11. The fraction of sp³-hybridized carbons (Fsp3) is 0.333. The van der Waals surface area contributed by atoms with Crippen molar-refractivity contribution in [1.29, 1.82) is 0 Å². The Morgan fingerprint density at radius 2 is 1.69 bits per heavy atom. The lowest BCUT2D eigenvalue weighted by Gasteiger charge is -2.33. The minimum absolute atomic E-state index is 0.000976. The molecule has 0 atom stereocenters. The van der Waals surface area contributed by atoms with Crippen LogP contribution in [0.3, 0.4) is 0 Å². The van der Waals surface area contributed by atoms with E-state index in [0.29, 0.717) is 12.1 Å². The molecule has 11 heteroatoms. The Morgan fingerprint density at radius 1 is 1.08 bits per heavy atom. The molecule has 1 aromatic carbocycles. The molecule has 1 aliphatic rings. The third kappa shape index (κ3) is 4.61. The average molecular weight is 392 g/mol. The molecule has 7 nitrogen and oxygen atoms in total. The molecule has 142 valence electrons. The van der Waals surface area contributed by atoms with Crippen LogP contribution >= 0.6 is 0 Å². The summed E-state index contributed by atoms with van der Waals surface area (Å²) in [5.74, 6) is -1.87. The summed E-state index contributed by atoms with van der Waals surface area (Å²) in [5.41, 5.74) is -1.06. The summed E-state index contributed by atoms with van der Waals surface area (Å²) in [6.45, 7) is -0.210. The van der Waals surface area contributed by atoms with Crippen LogP contribution in [0, 0.1) is 0 Å². The molecule has 1 aromatic rings. The van der Waals surface area contributed by atoms with Gasteiger partial charge in [0.25, 0.3) is 0 Å². The van der Waals surface area contributed by atoms with Crippen molar-refractivity contribution < 1.29 is 36.3 Å². The van der Waals surface area contributed by atoms with E-state index >= 15 is 0 Å². The van der Waals surface area contributed by atoms with E-state index in [-0.39, 0.29) is 26.2 Å². The summed E-state index contributed by atoms with van der Waals surface area (Å²) in [5, 5.41) is 8.49. The van der Waals surface area contributed by atoms with Crippen LogP contribution in [0.1, 0.15) is 5.56 Å². The highest BCUT2D eigenvalue weighted by atomic mass is 32.2. The largest absolute Gasteiger partial charge is 0.478 e. The van der Waals surface area contributed by atoms with Crippen molar-refractivity contribution in [1.82, 2.24) is 9.21 Å². The van der Waals surface area contributed by atoms with Gasteiger partial charge in [-0.25, -0.2) is 13.2 Å². The molecule has 1 saturated heterocycles. The normalized spacial score (nSPS) is 16.8. The van der Waals surface area contributed by atoms with Gasteiger partial charge in [0, 0.05) is 38.3 Å². The Morgan fingerprint density at radius 3 is 2.23 bits per heavy atom. The molecule has 26 heavy (non-hydrogen) atoms. The Hall–Kier alpha value is -2.40. The van der Waals surface area contributed by atoms with Crippen LogP contribution in [-0.2, 0) is 25.8 Å². The van der Waals surface area contributed by atoms with Gasteiger partial charge in [0.2, 0.25) is 15.9 Å². The first-order chi connectivity index (χ1) is 12.0. The molecular formula is C15H15F3N2O5S. The maximum Gasteiger partial charge on any atom is 0.416 e. The van der Waals surface area contributed by atoms with Crippen molar-refractivity contribution in [3.8, 4) is 0 Å². The van der Waals surface area contributed by atoms with E-state index in [1.54, 1.807) is 0 Å². The first-order valence-corrected chi connectivity index (χ1v) is 8.83. The van der Waals surface area contributed by atoms with Gasteiger partial charge in [-0.2, -0.15) is 17.5 Å². The maximum absolute atomic E-state index is 12.8. The van der Waals surface area contributed by atoms with Crippen LogP contribution in [-0.4, -0.2) is 60.8 Å². The molecule has 1 amide bonds. The Labute approximate surface area is 147 Å². The summed E-state index contributed by atoms with van der Waals surface area (Å²) in [6, 6.07) is 3.46. The van der Waals surface area contributed by atoms with Crippen molar-refractivity contribution in [3.63, 3.8) is 0 Å². The van der Waals surface area contributed by atoms with Gasteiger partial charge in [-0.1, -0.05) is 6.07 Å². The van der Waals surface area contributed by atoms with E-state index in [1.807, 2.05) is 0 Å². The molecular weight excluding hydrogens is 377 g/mol. The highest BCUT2D eigenvalue weighted by molar-refractivity contribution is 7.89. The number of sulfonamides is 1.